The van der Waals surface area contributed by atoms with Crippen LogP contribution in [0.4, 0.5) is 5.82 Å². The molecule has 0 saturated carbocycles. The molecule has 0 bridgehead atoms. The van der Waals surface area contributed by atoms with Gasteiger partial charge >= 0.3 is 0 Å². The smallest absolute Gasteiger partial charge is 0.255 e. The lowest BCUT2D eigenvalue weighted by Crippen LogP contribution is -2.27. The maximum absolute atomic E-state index is 12.6. The van der Waals surface area contributed by atoms with Crippen molar-refractivity contribution >= 4 is 11.7 Å². The Morgan fingerprint density at radius 1 is 1.12 bits per heavy atom. The van der Waals surface area contributed by atoms with E-state index in [9.17, 15) is 9.90 Å². The van der Waals surface area contributed by atoms with Gasteiger partial charge in [-0.25, -0.2) is 4.98 Å². The number of carbonyl (C=O) groups excluding carboxylic acids is 1. The quantitative estimate of drug-likeness (QED) is 0.927. The fraction of sp³-hybridized carbons (Fsp3) is 0.400. The first-order chi connectivity index (χ1) is 12.1. The van der Waals surface area contributed by atoms with Gasteiger partial charge in [0.25, 0.3) is 5.91 Å². The molecule has 0 aliphatic carbocycles. The Bertz CT molecular complexity index is 707. The van der Waals surface area contributed by atoms with Gasteiger partial charge < -0.3 is 14.9 Å². The number of phenols is 1. The van der Waals surface area contributed by atoms with E-state index in [4.69, 9.17) is 0 Å². The van der Waals surface area contributed by atoms with Gasteiger partial charge in [-0.15, -0.1) is 0 Å². The summed E-state index contributed by atoms with van der Waals surface area (Å²) in [6.45, 7) is 2.43. The third-order valence-corrected chi connectivity index (χ3v) is 4.67. The number of hydrogen-bond donors (Lipinski definition) is 1. The molecular formula is C20H25N3O2. The van der Waals surface area contributed by atoms with Gasteiger partial charge in [-0.3, -0.25) is 4.79 Å². The molecule has 0 unspecified atom stereocenters. The Hall–Kier alpha value is -2.56. The van der Waals surface area contributed by atoms with Crippen molar-refractivity contribution in [2.24, 2.45) is 0 Å². The number of carbonyl (C=O) groups is 1. The molecule has 1 aliphatic rings. The fourth-order valence-corrected chi connectivity index (χ4v) is 3.19. The maximum atomic E-state index is 12.6. The Morgan fingerprint density at radius 2 is 1.84 bits per heavy atom. The Balaban J connectivity index is 1.66. The summed E-state index contributed by atoms with van der Waals surface area (Å²) in [7, 11) is 1.73. The van der Waals surface area contributed by atoms with Gasteiger partial charge in [0.2, 0.25) is 0 Å². The second kappa shape index (κ2) is 8.01. The minimum Gasteiger partial charge on any atom is -0.508 e. The van der Waals surface area contributed by atoms with Crippen molar-refractivity contribution in [1.82, 2.24) is 9.88 Å². The highest BCUT2D eigenvalue weighted by Gasteiger charge is 2.16. The lowest BCUT2D eigenvalue weighted by molar-refractivity contribution is 0.0784. The number of rotatable bonds is 4. The van der Waals surface area contributed by atoms with Crippen LogP contribution in [0.2, 0.25) is 0 Å². The zero-order chi connectivity index (χ0) is 17.6. The second-order valence-electron chi connectivity index (χ2n) is 6.60. The summed E-state index contributed by atoms with van der Waals surface area (Å²) in [6.07, 6.45) is 6.62. The Kier molecular flexibility index (Phi) is 5.53. The number of hydrogen-bond acceptors (Lipinski definition) is 4. The van der Waals surface area contributed by atoms with Crippen LogP contribution in [0.5, 0.6) is 5.75 Å². The number of nitrogens with zero attached hydrogens (tertiary/aromatic N) is 3. The Morgan fingerprint density at radius 3 is 2.48 bits per heavy atom. The van der Waals surface area contributed by atoms with Crippen LogP contribution in [0.25, 0.3) is 0 Å². The monoisotopic (exact) mass is 339 g/mol. The molecule has 1 fully saturated rings. The molecule has 0 atom stereocenters. The van der Waals surface area contributed by atoms with Crippen LogP contribution in [0.1, 0.15) is 41.6 Å². The molecule has 1 aliphatic heterocycles. The molecular weight excluding hydrogens is 314 g/mol. The zero-order valence-corrected chi connectivity index (χ0v) is 14.7. The highest BCUT2D eigenvalue weighted by Crippen LogP contribution is 2.20. The van der Waals surface area contributed by atoms with E-state index in [0.29, 0.717) is 12.1 Å². The van der Waals surface area contributed by atoms with Crippen LogP contribution in [0.3, 0.4) is 0 Å². The Labute approximate surface area is 148 Å². The van der Waals surface area contributed by atoms with Crippen LogP contribution in [0, 0.1) is 0 Å². The summed E-state index contributed by atoms with van der Waals surface area (Å²) in [5, 5.41) is 9.86. The molecule has 1 saturated heterocycles. The summed E-state index contributed by atoms with van der Waals surface area (Å²) in [6, 6.07) is 10.9. The van der Waals surface area contributed by atoms with Gasteiger partial charge in [0, 0.05) is 38.4 Å². The van der Waals surface area contributed by atoms with Gasteiger partial charge in [0.15, 0.2) is 0 Å². The zero-order valence-electron chi connectivity index (χ0n) is 14.7. The molecule has 5 nitrogen and oxygen atoms in total. The molecule has 5 heteroatoms. The van der Waals surface area contributed by atoms with E-state index < -0.39 is 0 Å². The van der Waals surface area contributed by atoms with Crippen molar-refractivity contribution in [2.45, 2.75) is 32.2 Å². The van der Waals surface area contributed by atoms with Crippen LogP contribution >= 0.6 is 0 Å². The van der Waals surface area contributed by atoms with Crippen molar-refractivity contribution in [2.75, 3.05) is 25.0 Å². The van der Waals surface area contributed by atoms with E-state index >= 15 is 0 Å². The average Bonchev–Trinajstić information content (AvgIpc) is 2.92. The second-order valence-corrected chi connectivity index (χ2v) is 6.60. The summed E-state index contributed by atoms with van der Waals surface area (Å²) in [5.41, 5.74) is 1.30. The van der Waals surface area contributed by atoms with E-state index in [1.165, 1.54) is 25.7 Å². The number of benzene rings is 1. The molecule has 3 rings (SSSR count). The van der Waals surface area contributed by atoms with Gasteiger partial charge in [-0.1, -0.05) is 31.0 Å². The van der Waals surface area contributed by atoms with Crippen LogP contribution < -0.4 is 4.90 Å². The number of amides is 1. The third kappa shape index (κ3) is 4.29. The van der Waals surface area contributed by atoms with Crippen LogP contribution in [-0.2, 0) is 6.54 Å². The van der Waals surface area contributed by atoms with Crippen molar-refractivity contribution in [3.63, 3.8) is 0 Å². The largest absolute Gasteiger partial charge is 0.508 e. The van der Waals surface area contributed by atoms with Crippen molar-refractivity contribution < 1.29 is 9.90 Å². The first kappa shape index (κ1) is 17.3. The molecule has 1 aromatic heterocycles. The number of aromatic hydroxyl groups is 1. The molecule has 0 spiro atoms. The average molecular weight is 339 g/mol. The molecule has 0 radical (unpaired) electrons. The molecule has 2 aromatic rings. The highest BCUT2D eigenvalue weighted by atomic mass is 16.3. The summed E-state index contributed by atoms with van der Waals surface area (Å²) < 4.78 is 0. The van der Waals surface area contributed by atoms with E-state index in [1.807, 2.05) is 24.3 Å². The van der Waals surface area contributed by atoms with E-state index in [2.05, 4.69) is 9.88 Å². The normalized spacial score (nSPS) is 14.8. The molecule has 2 heterocycles. The summed E-state index contributed by atoms with van der Waals surface area (Å²) in [5.74, 6) is 1.05. The third-order valence-electron chi connectivity index (χ3n) is 4.67. The molecule has 25 heavy (non-hydrogen) atoms. The molecule has 1 amide bonds. The SMILES string of the molecule is CN(Cc1ccccc1O)C(=O)c1ccc(N2CCCCCC2)nc1. The highest BCUT2D eigenvalue weighted by molar-refractivity contribution is 5.93. The van der Waals surface area contributed by atoms with Crippen LogP contribution in [0.15, 0.2) is 42.6 Å². The van der Waals surface area contributed by atoms with Gasteiger partial charge in [-0.2, -0.15) is 0 Å². The minimum absolute atomic E-state index is 0.0989. The first-order valence-electron chi connectivity index (χ1n) is 8.88. The lowest BCUT2D eigenvalue weighted by atomic mass is 10.1. The number of aromatic nitrogens is 1. The van der Waals surface area contributed by atoms with E-state index in [1.54, 1.807) is 30.3 Å². The molecule has 1 N–H and O–H groups in total. The predicted octanol–water partition coefficient (Wildman–Crippen LogP) is 3.44. The molecule has 1 aromatic carbocycles. The minimum atomic E-state index is -0.0989. The van der Waals surface area contributed by atoms with Crippen molar-refractivity contribution in [3.8, 4) is 5.75 Å². The van der Waals surface area contributed by atoms with Crippen LogP contribution in [-0.4, -0.2) is 41.0 Å². The summed E-state index contributed by atoms with van der Waals surface area (Å²) >= 11 is 0. The first-order valence-corrected chi connectivity index (χ1v) is 8.88. The van der Waals surface area contributed by atoms with Crippen molar-refractivity contribution in [1.29, 1.82) is 0 Å². The predicted molar refractivity (Wildman–Crippen MR) is 98.8 cm³/mol. The lowest BCUT2D eigenvalue weighted by Gasteiger charge is -2.22. The van der Waals surface area contributed by atoms with Gasteiger partial charge in [0.1, 0.15) is 11.6 Å². The van der Waals surface area contributed by atoms with Gasteiger partial charge in [-0.05, 0) is 31.0 Å². The van der Waals surface area contributed by atoms with E-state index in [-0.39, 0.29) is 11.7 Å². The van der Waals surface area contributed by atoms with Gasteiger partial charge in [0.05, 0.1) is 5.56 Å². The number of para-hydroxylation sites is 1. The molecule has 132 valence electrons. The topological polar surface area (TPSA) is 56.7 Å². The fourth-order valence-electron chi connectivity index (χ4n) is 3.19. The van der Waals surface area contributed by atoms with Crippen molar-refractivity contribution in [3.05, 3.63) is 53.7 Å². The maximum Gasteiger partial charge on any atom is 0.255 e. The number of phenolic OH excluding ortho intramolecular Hbond substituents is 1. The number of pyridine rings is 1. The number of anilines is 1. The van der Waals surface area contributed by atoms with E-state index in [0.717, 1.165) is 24.5 Å². The standard InChI is InChI=1S/C20H25N3O2/c1-22(15-17-8-4-5-9-18(17)24)20(25)16-10-11-19(21-14-16)23-12-6-2-3-7-13-23/h4-5,8-11,14,24H,2-3,6-7,12-13,15H2,1H3. The summed E-state index contributed by atoms with van der Waals surface area (Å²) in [4.78, 5) is 21.0.